The molecule has 142 valence electrons. The molecule has 0 saturated carbocycles. The van der Waals surface area contributed by atoms with Gasteiger partial charge < -0.3 is 20.1 Å². The minimum absolute atomic E-state index is 0.0269. The van der Waals surface area contributed by atoms with Crippen LogP contribution in [0.3, 0.4) is 0 Å². The molecule has 0 spiro atoms. The number of carbonyl (C=O) groups excluding carboxylic acids is 2. The van der Waals surface area contributed by atoms with Crippen molar-refractivity contribution in [3.8, 4) is 5.75 Å². The lowest BCUT2D eigenvalue weighted by atomic mass is 9.95. The van der Waals surface area contributed by atoms with E-state index >= 15 is 0 Å². The zero-order chi connectivity index (χ0) is 18.9. The lowest BCUT2D eigenvalue weighted by Crippen LogP contribution is -2.45. The highest BCUT2D eigenvalue weighted by molar-refractivity contribution is 5.81. The zero-order valence-corrected chi connectivity index (χ0v) is 15.0. The van der Waals surface area contributed by atoms with Crippen molar-refractivity contribution in [1.29, 1.82) is 0 Å². The fourth-order valence-corrected chi connectivity index (χ4v) is 3.00. The lowest BCUT2D eigenvalue weighted by Gasteiger charge is -2.32. The van der Waals surface area contributed by atoms with E-state index in [1.807, 2.05) is 30.3 Å². The molecule has 2 N–H and O–H groups in total. The highest BCUT2D eigenvalue weighted by Gasteiger charge is 2.28. The minimum Gasteiger partial charge on any atom is -0.493 e. The van der Waals surface area contributed by atoms with Gasteiger partial charge in [0.1, 0.15) is 5.75 Å². The molecule has 1 aliphatic rings. The van der Waals surface area contributed by atoms with Crippen molar-refractivity contribution < 1.29 is 24.2 Å². The number of amides is 2. The number of piperidine rings is 1. The highest BCUT2D eigenvalue weighted by Crippen LogP contribution is 2.18. The second kappa shape index (κ2) is 9.79. The molecule has 1 unspecified atom stereocenters. The number of rotatable bonds is 8. The number of para-hydroxylation sites is 1. The van der Waals surface area contributed by atoms with Crippen molar-refractivity contribution in [3.63, 3.8) is 0 Å². The van der Waals surface area contributed by atoms with Crippen LogP contribution in [0.2, 0.25) is 0 Å². The molecule has 0 bridgehead atoms. The quantitative estimate of drug-likeness (QED) is 0.733. The molecule has 2 rings (SSSR count). The molecule has 26 heavy (non-hydrogen) atoms. The monoisotopic (exact) mass is 362 g/mol. The Morgan fingerprint density at radius 2 is 1.88 bits per heavy atom. The maximum atomic E-state index is 12.2. The third-order valence-corrected chi connectivity index (χ3v) is 4.42. The molecule has 7 nitrogen and oxygen atoms in total. The summed E-state index contributed by atoms with van der Waals surface area (Å²) in [5, 5.41) is 11.5. The Bertz CT molecular complexity index is 612. The molecule has 1 atom stereocenters. The Labute approximate surface area is 153 Å². The van der Waals surface area contributed by atoms with Gasteiger partial charge in [-0.1, -0.05) is 18.2 Å². The number of aliphatic carboxylic acids is 1. The summed E-state index contributed by atoms with van der Waals surface area (Å²) in [7, 11) is 0. The van der Waals surface area contributed by atoms with Crippen LogP contribution in [0, 0.1) is 5.92 Å². The predicted octanol–water partition coefficient (Wildman–Crippen LogP) is 1.67. The molecule has 7 heteroatoms. The molecule has 0 radical (unpaired) electrons. The molecule has 1 fully saturated rings. The Hall–Kier alpha value is -2.57. The lowest BCUT2D eigenvalue weighted by molar-refractivity contribution is -0.138. The van der Waals surface area contributed by atoms with Gasteiger partial charge in [-0.25, -0.2) is 0 Å². The number of hydrogen-bond acceptors (Lipinski definition) is 4. The van der Waals surface area contributed by atoms with Crippen molar-refractivity contribution in [2.45, 2.75) is 38.6 Å². The molecule has 1 aliphatic heterocycles. The van der Waals surface area contributed by atoms with Gasteiger partial charge in [0, 0.05) is 25.0 Å². The van der Waals surface area contributed by atoms with E-state index in [2.05, 4.69) is 5.32 Å². The summed E-state index contributed by atoms with van der Waals surface area (Å²) < 4.78 is 5.54. The number of likely N-dealkylation sites (tertiary alicyclic amines) is 1. The largest absolute Gasteiger partial charge is 0.493 e. The normalized spacial score (nSPS) is 16.0. The highest BCUT2D eigenvalue weighted by atomic mass is 16.5. The van der Waals surface area contributed by atoms with Crippen LogP contribution in [0.4, 0.5) is 0 Å². The number of ether oxygens (including phenoxy) is 1. The molecule has 1 heterocycles. The fraction of sp³-hybridized carbons (Fsp3) is 0.526. The third-order valence-electron chi connectivity index (χ3n) is 4.42. The van der Waals surface area contributed by atoms with Gasteiger partial charge in [-0.3, -0.25) is 14.4 Å². The van der Waals surface area contributed by atoms with Crippen LogP contribution in [0.25, 0.3) is 0 Å². The number of hydrogen-bond donors (Lipinski definition) is 2. The molecule has 0 aromatic heterocycles. The van der Waals surface area contributed by atoms with E-state index in [-0.39, 0.29) is 24.2 Å². The van der Waals surface area contributed by atoms with Gasteiger partial charge in [0.2, 0.25) is 11.8 Å². The molecule has 2 amide bonds. The Morgan fingerprint density at radius 3 is 2.50 bits per heavy atom. The number of carbonyl (C=O) groups is 3. The maximum absolute atomic E-state index is 12.2. The molecule has 1 aromatic carbocycles. The molecule has 1 saturated heterocycles. The van der Waals surface area contributed by atoms with Crippen LogP contribution in [0.15, 0.2) is 30.3 Å². The van der Waals surface area contributed by atoms with Crippen LogP contribution in [-0.2, 0) is 14.4 Å². The first-order chi connectivity index (χ1) is 12.5. The van der Waals surface area contributed by atoms with Crippen LogP contribution < -0.4 is 10.1 Å². The minimum atomic E-state index is -0.934. The smallest absolute Gasteiger partial charge is 0.305 e. The van der Waals surface area contributed by atoms with Crippen molar-refractivity contribution >= 4 is 17.8 Å². The van der Waals surface area contributed by atoms with E-state index in [0.29, 0.717) is 39.0 Å². The number of carboxylic acid groups (broad SMARTS) is 1. The molecule has 0 aliphatic carbocycles. The summed E-state index contributed by atoms with van der Waals surface area (Å²) in [6.45, 7) is 3.08. The predicted molar refractivity (Wildman–Crippen MR) is 95.7 cm³/mol. The first-order valence-electron chi connectivity index (χ1n) is 8.93. The van der Waals surface area contributed by atoms with Crippen LogP contribution >= 0.6 is 0 Å². The number of nitrogens with one attached hydrogen (secondary N) is 1. The van der Waals surface area contributed by atoms with E-state index in [1.54, 1.807) is 11.8 Å². The first-order valence-corrected chi connectivity index (χ1v) is 8.93. The SMILES string of the molecule is CC(CC(=O)O)NC(=O)C1CCN(C(=O)CCOc2ccccc2)CC1. The van der Waals surface area contributed by atoms with E-state index in [0.717, 1.165) is 5.75 Å². The molecular weight excluding hydrogens is 336 g/mol. The number of benzene rings is 1. The summed E-state index contributed by atoms with van der Waals surface area (Å²) in [5.41, 5.74) is 0. The number of carboxylic acids is 1. The van der Waals surface area contributed by atoms with Gasteiger partial charge >= 0.3 is 5.97 Å². The summed E-state index contributed by atoms with van der Waals surface area (Å²) in [5.74, 6) is -0.463. The van der Waals surface area contributed by atoms with Crippen LogP contribution in [-0.4, -0.2) is 53.5 Å². The molecule has 1 aromatic rings. The van der Waals surface area contributed by atoms with Gasteiger partial charge in [0.25, 0.3) is 0 Å². The van der Waals surface area contributed by atoms with Crippen molar-refractivity contribution in [1.82, 2.24) is 10.2 Å². The maximum Gasteiger partial charge on any atom is 0.305 e. The Balaban J connectivity index is 1.67. The van der Waals surface area contributed by atoms with E-state index in [4.69, 9.17) is 9.84 Å². The van der Waals surface area contributed by atoms with E-state index in [1.165, 1.54) is 0 Å². The second-order valence-electron chi connectivity index (χ2n) is 6.57. The zero-order valence-electron chi connectivity index (χ0n) is 15.0. The Kier molecular flexibility index (Phi) is 7.44. The first kappa shape index (κ1) is 19.8. The summed E-state index contributed by atoms with van der Waals surface area (Å²) in [6, 6.07) is 8.96. The summed E-state index contributed by atoms with van der Waals surface area (Å²) in [6.07, 6.45) is 1.40. The van der Waals surface area contributed by atoms with Gasteiger partial charge in [0.15, 0.2) is 0 Å². The Morgan fingerprint density at radius 1 is 1.23 bits per heavy atom. The van der Waals surface area contributed by atoms with Gasteiger partial charge in [-0.15, -0.1) is 0 Å². The average Bonchev–Trinajstić information content (AvgIpc) is 2.62. The van der Waals surface area contributed by atoms with Crippen molar-refractivity contribution in [2.24, 2.45) is 5.92 Å². The number of nitrogens with zero attached hydrogens (tertiary/aromatic N) is 1. The second-order valence-corrected chi connectivity index (χ2v) is 6.57. The van der Waals surface area contributed by atoms with Gasteiger partial charge in [-0.05, 0) is 31.9 Å². The van der Waals surface area contributed by atoms with Crippen molar-refractivity contribution in [3.05, 3.63) is 30.3 Å². The summed E-state index contributed by atoms with van der Waals surface area (Å²) in [4.78, 5) is 36.8. The van der Waals surface area contributed by atoms with Crippen molar-refractivity contribution in [2.75, 3.05) is 19.7 Å². The topological polar surface area (TPSA) is 95.9 Å². The van der Waals surface area contributed by atoms with Gasteiger partial charge in [-0.2, -0.15) is 0 Å². The van der Waals surface area contributed by atoms with Gasteiger partial charge in [0.05, 0.1) is 19.4 Å². The van der Waals surface area contributed by atoms with E-state index in [9.17, 15) is 14.4 Å². The summed E-state index contributed by atoms with van der Waals surface area (Å²) >= 11 is 0. The van der Waals surface area contributed by atoms with E-state index < -0.39 is 12.0 Å². The third kappa shape index (κ3) is 6.38. The standard InChI is InChI=1S/C19H26N2O5/c1-14(13-18(23)24)20-19(25)15-7-10-21(11-8-15)17(22)9-12-26-16-5-3-2-4-6-16/h2-6,14-15H,7-13H2,1H3,(H,20,25)(H,23,24). The average molecular weight is 362 g/mol. The fourth-order valence-electron chi connectivity index (χ4n) is 3.00. The van der Waals surface area contributed by atoms with Crippen LogP contribution in [0.1, 0.15) is 32.6 Å². The molecular formula is C19H26N2O5. The van der Waals surface area contributed by atoms with Crippen LogP contribution in [0.5, 0.6) is 5.75 Å².